The van der Waals surface area contributed by atoms with Crippen LogP contribution in [0.4, 0.5) is 0 Å². The zero-order chi connectivity index (χ0) is 13.9. The van der Waals surface area contributed by atoms with E-state index in [1.165, 1.54) is 27.5 Å². The molecule has 0 amide bonds. The van der Waals surface area contributed by atoms with Gasteiger partial charge >= 0.3 is 0 Å². The minimum atomic E-state index is 0.0430. The molecule has 100 valence electrons. The molecule has 0 aromatic heterocycles. The first-order valence-corrected chi connectivity index (χ1v) is 7.02. The number of rotatable bonds is 3. The van der Waals surface area contributed by atoms with Crippen LogP contribution in [0.5, 0.6) is 0 Å². The number of aryl methyl sites for hydroxylation is 1. The predicted octanol–water partition coefficient (Wildman–Crippen LogP) is 4.39. The summed E-state index contributed by atoms with van der Waals surface area (Å²) in [6, 6.07) is 23.5. The Hall–Kier alpha value is -2.12. The summed E-state index contributed by atoms with van der Waals surface area (Å²) in [5.41, 5.74) is 10.1. The van der Waals surface area contributed by atoms with E-state index >= 15 is 0 Å². The van der Waals surface area contributed by atoms with Gasteiger partial charge in [0.1, 0.15) is 0 Å². The maximum atomic E-state index is 6.37. The summed E-state index contributed by atoms with van der Waals surface area (Å²) in [4.78, 5) is 0. The standard InChI is InChI=1S/C19H19N/c1-14-5-4-6-15(11-14)12-19(20)18-10-9-16-7-2-3-8-17(16)13-18/h2-11,13,19H,12,20H2,1H3. The van der Waals surface area contributed by atoms with E-state index in [0.29, 0.717) is 0 Å². The molecule has 3 rings (SSSR count). The van der Waals surface area contributed by atoms with Gasteiger partial charge in [0.2, 0.25) is 0 Å². The summed E-state index contributed by atoms with van der Waals surface area (Å²) in [6.07, 6.45) is 0.875. The SMILES string of the molecule is Cc1cccc(CC(N)c2ccc3ccccc3c2)c1. The molecule has 0 bridgehead atoms. The molecule has 0 fully saturated rings. The highest BCUT2D eigenvalue weighted by atomic mass is 14.6. The zero-order valence-electron chi connectivity index (χ0n) is 11.7. The van der Waals surface area contributed by atoms with Gasteiger partial charge in [-0.3, -0.25) is 0 Å². The van der Waals surface area contributed by atoms with Crippen molar-refractivity contribution in [1.82, 2.24) is 0 Å². The highest BCUT2D eigenvalue weighted by molar-refractivity contribution is 5.83. The second-order valence-electron chi connectivity index (χ2n) is 5.41. The highest BCUT2D eigenvalue weighted by Gasteiger charge is 2.08. The van der Waals surface area contributed by atoms with Crippen LogP contribution in [0.15, 0.2) is 66.7 Å². The lowest BCUT2D eigenvalue weighted by Gasteiger charge is -2.13. The van der Waals surface area contributed by atoms with Crippen LogP contribution in [0.2, 0.25) is 0 Å². The Morgan fingerprint density at radius 2 is 1.65 bits per heavy atom. The molecule has 1 nitrogen and oxygen atoms in total. The third-order valence-corrected chi connectivity index (χ3v) is 3.74. The molecule has 0 heterocycles. The lowest BCUT2D eigenvalue weighted by molar-refractivity contribution is 0.722. The van der Waals surface area contributed by atoms with Crippen molar-refractivity contribution in [2.45, 2.75) is 19.4 Å². The van der Waals surface area contributed by atoms with Crippen molar-refractivity contribution in [3.63, 3.8) is 0 Å². The summed E-state index contributed by atoms with van der Waals surface area (Å²) >= 11 is 0. The van der Waals surface area contributed by atoms with Crippen molar-refractivity contribution in [1.29, 1.82) is 0 Å². The molecule has 1 unspecified atom stereocenters. The number of hydrogen-bond donors (Lipinski definition) is 1. The second-order valence-corrected chi connectivity index (χ2v) is 5.41. The van der Waals surface area contributed by atoms with Gasteiger partial charge < -0.3 is 5.73 Å². The van der Waals surface area contributed by atoms with Gasteiger partial charge in [-0.05, 0) is 41.3 Å². The van der Waals surface area contributed by atoms with Gasteiger partial charge in [0.15, 0.2) is 0 Å². The van der Waals surface area contributed by atoms with Gasteiger partial charge in [0.25, 0.3) is 0 Å². The molecule has 0 spiro atoms. The van der Waals surface area contributed by atoms with Gasteiger partial charge in [-0.15, -0.1) is 0 Å². The normalized spacial score (nSPS) is 12.5. The van der Waals surface area contributed by atoms with Crippen LogP contribution in [-0.4, -0.2) is 0 Å². The molecule has 0 aliphatic carbocycles. The fourth-order valence-corrected chi connectivity index (χ4v) is 2.65. The molecule has 1 heteroatoms. The van der Waals surface area contributed by atoms with E-state index in [-0.39, 0.29) is 6.04 Å². The summed E-state index contributed by atoms with van der Waals surface area (Å²) in [5.74, 6) is 0. The van der Waals surface area contributed by atoms with E-state index in [0.717, 1.165) is 6.42 Å². The van der Waals surface area contributed by atoms with Crippen molar-refractivity contribution in [2.75, 3.05) is 0 Å². The third-order valence-electron chi connectivity index (χ3n) is 3.74. The summed E-state index contributed by atoms with van der Waals surface area (Å²) in [7, 11) is 0. The quantitative estimate of drug-likeness (QED) is 0.743. The Bertz CT molecular complexity index is 730. The minimum absolute atomic E-state index is 0.0430. The van der Waals surface area contributed by atoms with Crippen LogP contribution in [0.25, 0.3) is 10.8 Å². The highest BCUT2D eigenvalue weighted by Crippen LogP contribution is 2.22. The van der Waals surface area contributed by atoms with E-state index < -0.39 is 0 Å². The molecule has 2 N–H and O–H groups in total. The van der Waals surface area contributed by atoms with Crippen molar-refractivity contribution in [3.05, 3.63) is 83.4 Å². The van der Waals surface area contributed by atoms with Crippen LogP contribution < -0.4 is 5.73 Å². The predicted molar refractivity (Wildman–Crippen MR) is 85.8 cm³/mol. The van der Waals surface area contributed by atoms with E-state index in [1.807, 2.05) is 0 Å². The fourth-order valence-electron chi connectivity index (χ4n) is 2.65. The Morgan fingerprint density at radius 3 is 2.45 bits per heavy atom. The van der Waals surface area contributed by atoms with Crippen LogP contribution in [0.3, 0.4) is 0 Å². The van der Waals surface area contributed by atoms with Gasteiger partial charge in [0, 0.05) is 6.04 Å². The van der Waals surface area contributed by atoms with E-state index in [1.54, 1.807) is 0 Å². The molecule has 3 aromatic carbocycles. The van der Waals surface area contributed by atoms with Crippen molar-refractivity contribution >= 4 is 10.8 Å². The average Bonchev–Trinajstić information content (AvgIpc) is 2.47. The molecule has 0 saturated heterocycles. The molecule has 0 aliphatic rings. The smallest absolute Gasteiger partial charge is 0.0335 e. The van der Waals surface area contributed by atoms with E-state index in [9.17, 15) is 0 Å². The van der Waals surface area contributed by atoms with Gasteiger partial charge in [-0.25, -0.2) is 0 Å². The molecule has 0 radical (unpaired) electrons. The average molecular weight is 261 g/mol. The van der Waals surface area contributed by atoms with Crippen molar-refractivity contribution < 1.29 is 0 Å². The maximum absolute atomic E-state index is 6.37. The maximum Gasteiger partial charge on any atom is 0.0335 e. The molecule has 0 aliphatic heterocycles. The first-order valence-electron chi connectivity index (χ1n) is 7.02. The number of fused-ring (bicyclic) bond motifs is 1. The number of benzene rings is 3. The first-order chi connectivity index (χ1) is 9.72. The van der Waals surface area contributed by atoms with Crippen LogP contribution >= 0.6 is 0 Å². The van der Waals surface area contributed by atoms with E-state index in [2.05, 4.69) is 73.7 Å². The summed E-state index contributed by atoms with van der Waals surface area (Å²) in [5, 5.41) is 2.52. The van der Waals surface area contributed by atoms with Crippen molar-refractivity contribution in [3.8, 4) is 0 Å². The Morgan fingerprint density at radius 1 is 0.850 bits per heavy atom. The lowest BCUT2D eigenvalue weighted by atomic mass is 9.96. The molecule has 1 atom stereocenters. The second kappa shape index (κ2) is 5.48. The first kappa shape index (κ1) is 12.9. The van der Waals surface area contributed by atoms with E-state index in [4.69, 9.17) is 5.73 Å². The van der Waals surface area contributed by atoms with Crippen LogP contribution in [0, 0.1) is 6.92 Å². The Balaban J connectivity index is 1.86. The molecule has 20 heavy (non-hydrogen) atoms. The Kier molecular flexibility index (Phi) is 3.53. The Labute approximate surface area is 120 Å². The van der Waals surface area contributed by atoms with Crippen LogP contribution in [0.1, 0.15) is 22.7 Å². The molecular weight excluding hydrogens is 242 g/mol. The summed E-state index contributed by atoms with van der Waals surface area (Å²) in [6.45, 7) is 2.12. The topological polar surface area (TPSA) is 26.0 Å². The number of nitrogens with two attached hydrogens (primary N) is 1. The lowest BCUT2D eigenvalue weighted by Crippen LogP contribution is -2.13. The summed E-state index contributed by atoms with van der Waals surface area (Å²) < 4.78 is 0. The van der Waals surface area contributed by atoms with Crippen molar-refractivity contribution in [2.24, 2.45) is 5.73 Å². The third kappa shape index (κ3) is 2.73. The molecular formula is C19H19N. The molecule has 3 aromatic rings. The number of hydrogen-bond acceptors (Lipinski definition) is 1. The van der Waals surface area contributed by atoms with Gasteiger partial charge in [-0.1, -0.05) is 66.2 Å². The fraction of sp³-hybridized carbons (Fsp3) is 0.158. The monoisotopic (exact) mass is 261 g/mol. The zero-order valence-corrected chi connectivity index (χ0v) is 11.7. The minimum Gasteiger partial charge on any atom is -0.324 e. The largest absolute Gasteiger partial charge is 0.324 e. The van der Waals surface area contributed by atoms with Gasteiger partial charge in [0.05, 0.1) is 0 Å². The van der Waals surface area contributed by atoms with Crippen LogP contribution in [-0.2, 0) is 6.42 Å². The van der Waals surface area contributed by atoms with Gasteiger partial charge in [-0.2, -0.15) is 0 Å². The molecule has 0 saturated carbocycles.